The summed E-state index contributed by atoms with van der Waals surface area (Å²) in [5.74, 6) is 1.12. The molecular weight excluding hydrogens is 487 g/mol. The van der Waals surface area contributed by atoms with E-state index in [2.05, 4.69) is 76.8 Å². The molecule has 1 atom stereocenters. The van der Waals surface area contributed by atoms with Crippen LogP contribution in [-0.4, -0.2) is 26.4 Å². The molecule has 174 valence electrons. The van der Waals surface area contributed by atoms with E-state index in [1.807, 2.05) is 0 Å². The lowest BCUT2D eigenvalue weighted by atomic mass is 9.99. The Hall–Kier alpha value is -2.67. The van der Waals surface area contributed by atoms with Crippen molar-refractivity contribution in [2.24, 2.45) is 5.92 Å². The lowest BCUT2D eigenvalue weighted by molar-refractivity contribution is 0.0940. The van der Waals surface area contributed by atoms with Crippen molar-refractivity contribution in [2.45, 2.75) is 33.2 Å². The first-order valence-electron chi connectivity index (χ1n) is 11.2. The third kappa shape index (κ3) is 4.63. The molecule has 0 aliphatic carbocycles. The summed E-state index contributed by atoms with van der Waals surface area (Å²) in [7, 11) is 0. The smallest absolute Gasteiger partial charge is 0.272 e. The van der Waals surface area contributed by atoms with Crippen LogP contribution in [0.1, 0.15) is 33.9 Å². The Morgan fingerprint density at radius 3 is 2.53 bits per heavy atom. The lowest BCUT2D eigenvalue weighted by Crippen LogP contribution is -2.33. The number of nitrogens with zero attached hydrogens (tertiary/aromatic N) is 3. The average Bonchev–Trinajstić information content (AvgIpc) is 3.42. The average molecular weight is 511 g/mol. The van der Waals surface area contributed by atoms with Crippen LogP contribution in [0.3, 0.4) is 0 Å². The van der Waals surface area contributed by atoms with Crippen molar-refractivity contribution in [3.63, 3.8) is 0 Å². The number of fused-ring (bicyclic) bond motifs is 1. The van der Waals surface area contributed by atoms with Crippen molar-refractivity contribution in [1.82, 2.24) is 19.2 Å². The number of amides is 1. The first-order valence-corrected chi connectivity index (χ1v) is 12.7. The first-order chi connectivity index (χ1) is 16.4. The van der Waals surface area contributed by atoms with Gasteiger partial charge in [-0.15, -0.1) is 0 Å². The molecule has 1 N–H and O–H groups in total. The number of rotatable bonds is 5. The molecule has 1 aliphatic heterocycles. The van der Waals surface area contributed by atoms with Gasteiger partial charge in [0.05, 0.1) is 5.69 Å². The molecule has 0 bridgehead atoms. The molecule has 0 saturated carbocycles. The Kier molecular flexibility index (Phi) is 6.47. The molecule has 0 radical (unpaired) electrons. The molecule has 8 heteroatoms. The van der Waals surface area contributed by atoms with Gasteiger partial charge < -0.3 is 9.88 Å². The highest BCUT2D eigenvalue weighted by Gasteiger charge is 2.23. The number of carbonyl (C=O) groups is 1. The number of aryl methyl sites for hydroxylation is 3. The highest BCUT2D eigenvalue weighted by Crippen LogP contribution is 2.30. The highest BCUT2D eigenvalue weighted by molar-refractivity contribution is 7.11. The van der Waals surface area contributed by atoms with Gasteiger partial charge in [0, 0.05) is 31.3 Å². The zero-order valence-electron chi connectivity index (χ0n) is 18.9. The molecular formula is C26H24Cl2N4OS. The summed E-state index contributed by atoms with van der Waals surface area (Å²) in [6, 6.07) is 15.2. The van der Waals surface area contributed by atoms with E-state index in [0.717, 1.165) is 48.0 Å². The summed E-state index contributed by atoms with van der Waals surface area (Å²) < 4.78 is 6.58. The third-order valence-electron chi connectivity index (χ3n) is 6.48. The third-order valence-corrected chi connectivity index (χ3v) is 8.09. The predicted molar refractivity (Wildman–Crippen MR) is 139 cm³/mol. The Morgan fingerprint density at radius 1 is 1.09 bits per heavy atom. The van der Waals surface area contributed by atoms with E-state index < -0.39 is 0 Å². The van der Waals surface area contributed by atoms with E-state index in [-0.39, 0.29) is 16.6 Å². The van der Waals surface area contributed by atoms with Gasteiger partial charge >= 0.3 is 0 Å². The van der Waals surface area contributed by atoms with Gasteiger partial charge in [-0.3, -0.25) is 4.79 Å². The fourth-order valence-electron chi connectivity index (χ4n) is 4.30. The van der Waals surface area contributed by atoms with Gasteiger partial charge in [-0.2, -0.15) is 4.37 Å². The fraction of sp³-hybridized carbons (Fsp3) is 0.269. The minimum absolute atomic E-state index is 0.197. The molecule has 0 spiro atoms. The minimum atomic E-state index is -0.283. The number of halogens is 2. The molecule has 0 fully saturated rings. The second-order valence-electron chi connectivity index (χ2n) is 8.80. The molecule has 5 rings (SSSR count). The molecule has 3 heterocycles. The number of hydrogen-bond acceptors (Lipinski definition) is 4. The summed E-state index contributed by atoms with van der Waals surface area (Å²) in [6.07, 6.45) is 3.96. The van der Waals surface area contributed by atoms with E-state index in [0.29, 0.717) is 16.8 Å². The van der Waals surface area contributed by atoms with Crippen LogP contribution in [0.4, 0.5) is 0 Å². The van der Waals surface area contributed by atoms with E-state index in [9.17, 15) is 4.79 Å². The zero-order valence-corrected chi connectivity index (χ0v) is 21.3. The quantitative estimate of drug-likeness (QED) is 0.329. The van der Waals surface area contributed by atoms with Crippen LogP contribution in [0.25, 0.3) is 22.4 Å². The molecule has 0 saturated heterocycles. The summed E-state index contributed by atoms with van der Waals surface area (Å²) in [5, 5.41) is 3.17. The van der Waals surface area contributed by atoms with E-state index in [1.54, 1.807) is 0 Å². The number of nitrogens with one attached hydrogen (secondary N) is 1. The number of hydrogen-bond donors (Lipinski definition) is 1. The van der Waals surface area contributed by atoms with Gasteiger partial charge in [-0.1, -0.05) is 65.7 Å². The summed E-state index contributed by atoms with van der Waals surface area (Å²) >= 11 is 13.0. The summed E-state index contributed by atoms with van der Waals surface area (Å²) in [6.45, 7) is 5.65. The van der Waals surface area contributed by atoms with Crippen LogP contribution < -0.4 is 5.32 Å². The van der Waals surface area contributed by atoms with E-state index in [1.165, 1.54) is 22.3 Å². The maximum absolute atomic E-state index is 12.4. The summed E-state index contributed by atoms with van der Waals surface area (Å²) in [4.78, 5) is 17.3. The Morgan fingerprint density at radius 2 is 1.82 bits per heavy atom. The molecule has 2 aromatic heterocycles. The molecule has 1 unspecified atom stereocenters. The van der Waals surface area contributed by atoms with Crippen LogP contribution in [0.2, 0.25) is 9.36 Å². The SMILES string of the molecule is Cc1ccc(-c2ccc(-c3cn4c(n3)CCC(CNC(=O)c3nsc(Cl)c3Cl)C4)cc2)cc1C. The van der Waals surface area contributed by atoms with Crippen molar-refractivity contribution in [1.29, 1.82) is 0 Å². The van der Waals surface area contributed by atoms with Crippen LogP contribution in [0.5, 0.6) is 0 Å². The minimum Gasteiger partial charge on any atom is -0.350 e. The van der Waals surface area contributed by atoms with Gasteiger partial charge in [0.2, 0.25) is 0 Å². The largest absolute Gasteiger partial charge is 0.350 e. The maximum Gasteiger partial charge on any atom is 0.272 e. The van der Waals surface area contributed by atoms with E-state index >= 15 is 0 Å². The molecule has 5 nitrogen and oxygen atoms in total. The number of carbonyl (C=O) groups excluding carboxylic acids is 1. The highest BCUT2D eigenvalue weighted by atomic mass is 35.5. The maximum atomic E-state index is 12.4. The standard InChI is InChI=1S/C26H24Cl2N4OS/c1-15-3-5-20(11-16(15)2)18-6-8-19(9-7-18)21-14-32-13-17(4-10-22(32)30-21)12-29-26(33)24-23(27)25(28)34-31-24/h3,5-9,11,14,17H,4,10,12-13H2,1-2H3,(H,29,33). The number of aromatic nitrogens is 3. The van der Waals surface area contributed by atoms with Crippen LogP contribution >= 0.6 is 34.7 Å². The zero-order chi connectivity index (χ0) is 23.8. The molecule has 34 heavy (non-hydrogen) atoms. The van der Waals surface area contributed by atoms with Crippen molar-refractivity contribution in [3.8, 4) is 22.4 Å². The second-order valence-corrected chi connectivity index (χ2v) is 10.6. The first kappa shape index (κ1) is 23.1. The van der Waals surface area contributed by atoms with Gasteiger partial charge in [-0.25, -0.2) is 4.98 Å². The van der Waals surface area contributed by atoms with Crippen LogP contribution in [0.15, 0.2) is 48.7 Å². The van der Waals surface area contributed by atoms with Gasteiger partial charge in [0.15, 0.2) is 5.69 Å². The number of benzene rings is 2. The predicted octanol–water partition coefficient (Wildman–Crippen LogP) is 6.59. The van der Waals surface area contributed by atoms with Gasteiger partial charge in [0.25, 0.3) is 5.91 Å². The van der Waals surface area contributed by atoms with Crippen LogP contribution in [-0.2, 0) is 13.0 Å². The Bertz CT molecular complexity index is 1360. The van der Waals surface area contributed by atoms with Gasteiger partial charge in [-0.05, 0) is 60.0 Å². The van der Waals surface area contributed by atoms with Gasteiger partial charge in [0.1, 0.15) is 15.2 Å². The Labute approximate surface area is 212 Å². The summed E-state index contributed by atoms with van der Waals surface area (Å²) in [5.41, 5.74) is 7.32. The molecule has 1 aliphatic rings. The topological polar surface area (TPSA) is 59.8 Å². The lowest BCUT2D eigenvalue weighted by Gasteiger charge is -2.23. The second kappa shape index (κ2) is 9.53. The molecule has 1 amide bonds. The monoisotopic (exact) mass is 510 g/mol. The molecule has 4 aromatic rings. The van der Waals surface area contributed by atoms with Crippen molar-refractivity contribution in [3.05, 3.63) is 80.7 Å². The normalized spacial score (nSPS) is 15.2. The Balaban J connectivity index is 1.25. The van der Waals surface area contributed by atoms with Crippen LogP contribution in [0, 0.1) is 19.8 Å². The van der Waals surface area contributed by atoms with E-state index in [4.69, 9.17) is 28.2 Å². The number of imidazole rings is 1. The van der Waals surface area contributed by atoms with Crippen molar-refractivity contribution in [2.75, 3.05) is 6.54 Å². The molecule has 2 aromatic carbocycles. The fourth-order valence-corrected chi connectivity index (χ4v) is 5.29. The van der Waals surface area contributed by atoms with Crippen molar-refractivity contribution < 1.29 is 4.79 Å². The van der Waals surface area contributed by atoms with Crippen molar-refractivity contribution >= 4 is 40.6 Å².